The highest BCUT2D eigenvalue weighted by Gasteiger charge is 2.29. The fourth-order valence-electron chi connectivity index (χ4n) is 4.00. The van der Waals surface area contributed by atoms with Crippen molar-refractivity contribution in [1.29, 1.82) is 0 Å². The van der Waals surface area contributed by atoms with Gasteiger partial charge in [-0.1, -0.05) is 143 Å². The van der Waals surface area contributed by atoms with Crippen molar-refractivity contribution in [3.63, 3.8) is 0 Å². The molecule has 0 nitrogen and oxygen atoms in total. The Morgan fingerprint density at radius 2 is 0.656 bits per heavy atom. The number of hydrogen-bond acceptors (Lipinski definition) is 0. The molecule has 32 heavy (non-hydrogen) atoms. The second-order valence-electron chi connectivity index (χ2n) is 8.68. The standard InChI is InChI=1S/C29H30P2.CH4/c1-29(2,23-30(25-15-7-3-8-16-25)26-17-9-4-10-18-26)24-31(27-19-11-5-12-20-27)28-21-13-6-14-22-28;/h3-22H,23-24H2,1-2H3;1H4. The van der Waals surface area contributed by atoms with Gasteiger partial charge in [0.1, 0.15) is 0 Å². The zero-order chi connectivity index (χ0) is 21.5. The van der Waals surface area contributed by atoms with Crippen LogP contribution in [0.5, 0.6) is 0 Å². The van der Waals surface area contributed by atoms with Gasteiger partial charge in [0.2, 0.25) is 0 Å². The molecule has 0 radical (unpaired) electrons. The quantitative estimate of drug-likeness (QED) is 0.253. The van der Waals surface area contributed by atoms with E-state index < -0.39 is 15.8 Å². The molecular formula is C30H34P2. The van der Waals surface area contributed by atoms with Crippen molar-refractivity contribution < 1.29 is 0 Å². The smallest absolute Gasteiger partial charge is 0.0190 e. The molecule has 0 bridgehead atoms. The second kappa shape index (κ2) is 11.6. The minimum absolute atomic E-state index is 0. The Labute approximate surface area is 197 Å². The van der Waals surface area contributed by atoms with E-state index in [0.29, 0.717) is 0 Å². The molecule has 0 heterocycles. The van der Waals surface area contributed by atoms with Gasteiger partial charge in [0.25, 0.3) is 0 Å². The van der Waals surface area contributed by atoms with Gasteiger partial charge in [0, 0.05) is 0 Å². The van der Waals surface area contributed by atoms with Gasteiger partial charge in [-0.25, -0.2) is 0 Å². The molecule has 164 valence electrons. The first-order valence-corrected chi connectivity index (χ1v) is 13.9. The highest BCUT2D eigenvalue weighted by Crippen LogP contribution is 2.46. The van der Waals surface area contributed by atoms with Crippen molar-refractivity contribution in [3.8, 4) is 0 Å². The van der Waals surface area contributed by atoms with E-state index in [0.717, 1.165) is 0 Å². The van der Waals surface area contributed by atoms with E-state index in [1.165, 1.54) is 33.5 Å². The Bertz CT molecular complexity index is 879. The molecule has 4 rings (SSSR count). The van der Waals surface area contributed by atoms with Crippen LogP contribution in [0, 0.1) is 5.41 Å². The average Bonchev–Trinajstić information content (AvgIpc) is 2.83. The predicted octanol–water partition coefficient (Wildman–Crippen LogP) is 6.91. The molecule has 0 aromatic heterocycles. The molecule has 0 unspecified atom stereocenters. The molecule has 0 atom stereocenters. The Balaban J connectivity index is 0.00000289. The third kappa shape index (κ3) is 6.38. The van der Waals surface area contributed by atoms with Gasteiger partial charge >= 0.3 is 0 Å². The summed E-state index contributed by atoms with van der Waals surface area (Å²) in [6.45, 7) is 4.94. The summed E-state index contributed by atoms with van der Waals surface area (Å²) in [4.78, 5) is 0. The van der Waals surface area contributed by atoms with Crippen LogP contribution >= 0.6 is 15.8 Å². The summed E-state index contributed by atoms with van der Waals surface area (Å²) in [5.41, 5.74) is 0.217. The van der Waals surface area contributed by atoms with Crippen LogP contribution in [0.3, 0.4) is 0 Å². The lowest BCUT2D eigenvalue weighted by Gasteiger charge is -2.34. The molecule has 0 saturated heterocycles. The zero-order valence-corrected chi connectivity index (χ0v) is 20.1. The molecule has 0 N–H and O–H groups in total. The second-order valence-corrected chi connectivity index (χ2v) is 13.1. The van der Waals surface area contributed by atoms with Gasteiger partial charge in [0.05, 0.1) is 0 Å². The fourth-order valence-corrected chi connectivity index (χ4v) is 9.57. The largest absolute Gasteiger partial charge is 0.0776 e. The van der Waals surface area contributed by atoms with E-state index in [2.05, 4.69) is 135 Å². The lowest BCUT2D eigenvalue weighted by molar-refractivity contribution is 0.488. The van der Waals surface area contributed by atoms with Crippen LogP contribution in [0.4, 0.5) is 0 Å². The molecule has 4 aromatic carbocycles. The van der Waals surface area contributed by atoms with Gasteiger partial charge < -0.3 is 0 Å². The van der Waals surface area contributed by atoms with Crippen LogP contribution in [0.15, 0.2) is 121 Å². The number of benzene rings is 4. The summed E-state index contributed by atoms with van der Waals surface area (Å²) in [5, 5.41) is 5.89. The highest BCUT2D eigenvalue weighted by molar-refractivity contribution is 7.74. The monoisotopic (exact) mass is 456 g/mol. The molecular weight excluding hydrogens is 422 g/mol. The summed E-state index contributed by atoms with van der Waals surface area (Å²) in [7, 11) is -0.794. The van der Waals surface area contributed by atoms with Crippen molar-refractivity contribution >= 4 is 37.1 Å². The molecule has 2 heteroatoms. The minimum Gasteiger partial charge on any atom is -0.0776 e. The molecule has 0 amide bonds. The first-order chi connectivity index (χ1) is 15.1. The lowest BCUT2D eigenvalue weighted by atomic mass is 10.00. The van der Waals surface area contributed by atoms with Gasteiger partial charge in [-0.05, 0) is 54.8 Å². The maximum Gasteiger partial charge on any atom is -0.0190 e. The van der Waals surface area contributed by atoms with Crippen LogP contribution in [0.2, 0.25) is 0 Å². The molecule has 0 spiro atoms. The van der Waals surface area contributed by atoms with Crippen molar-refractivity contribution in [3.05, 3.63) is 121 Å². The average molecular weight is 457 g/mol. The Kier molecular flexibility index (Phi) is 8.81. The van der Waals surface area contributed by atoms with Crippen LogP contribution in [0.1, 0.15) is 21.3 Å². The molecule has 0 saturated carbocycles. The number of hydrogen-bond donors (Lipinski definition) is 0. The Morgan fingerprint density at radius 1 is 0.438 bits per heavy atom. The molecule has 0 fully saturated rings. The summed E-state index contributed by atoms with van der Waals surface area (Å²) in [5.74, 6) is 0. The summed E-state index contributed by atoms with van der Waals surface area (Å²) in [6, 6.07) is 44.4. The maximum atomic E-state index is 2.47. The van der Waals surface area contributed by atoms with Crippen molar-refractivity contribution in [1.82, 2.24) is 0 Å². The third-order valence-electron chi connectivity index (χ3n) is 5.44. The Morgan fingerprint density at radius 3 is 0.875 bits per heavy atom. The van der Waals surface area contributed by atoms with Crippen molar-refractivity contribution in [2.75, 3.05) is 12.3 Å². The SMILES string of the molecule is C.CC(C)(CP(c1ccccc1)c1ccccc1)CP(c1ccccc1)c1ccccc1. The van der Waals surface area contributed by atoms with Gasteiger partial charge in [0.15, 0.2) is 0 Å². The van der Waals surface area contributed by atoms with E-state index in [1.807, 2.05) is 0 Å². The predicted molar refractivity (Wildman–Crippen MR) is 148 cm³/mol. The third-order valence-corrected chi connectivity index (χ3v) is 11.5. The van der Waals surface area contributed by atoms with Crippen molar-refractivity contribution in [2.24, 2.45) is 5.41 Å². The van der Waals surface area contributed by atoms with Gasteiger partial charge in [-0.2, -0.15) is 0 Å². The maximum absolute atomic E-state index is 2.47. The van der Waals surface area contributed by atoms with E-state index in [9.17, 15) is 0 Å². The van der Waals surface area contributed by atoms with E-state index >= 15 is 0 Å². The molecule has 0 aliphatic heterocycles. The number of rotatable bonds is 8. The van der Waals surface area contributed by atoms with E-state index in [1.54, 1.807) is 0 Å². The van der Waals surface area contributed by atoms with E-state index in [-0.39, 0.29) is 12.8 Å². The van der Waals surface area contributed by atoms with Crippen molar-refractivity contribution in [2.45, 2.75) is 21.3 Å². The first-order valence-electron chi connectivity index (χ1n) is 10.9. The topological polar surface area (TPSA) is 0 Å². The zero-order valence-electron chi connectivity index (χ0n) is 18.4. The van der Waals surface area contributed by atoms with E-state index in [4.69, 9.17) is 0 Å². The van der Waals surface area contributed by atoms with Crippen LogP contribution in [-0.2, 0) is 0 Å². The summed E-state index contributed by atoms with van der Waals surface area (Å²) < 4.78 is 0. The fraction of sp³-hybridized carbons (Fsp3) is 0.200. The van der Waals surface area contributed by atoms with Gasteiger partial charge in [-0.15, -0.1) is 0 Å². The minimum atomic E-state index is -0.397. The van der Waals surface area contributed by atoms with Crippen LogP contribution < -0.4 is 21.2 Å². The molecule has 0 aliphatic rings. The lowest BCUT2D eigenvalue weighted by Crippen LogP contribution is -2.29. The first kappa shape index (κ1) is 24.4. The van der Waals surface area contributed by atoms with Gasteiger partial charge in [-0.3, -0.25) is 0 Å². The highest BCUT2D eigenvalue weighted by atomic mass is 31.1. The molecule has 4 aromatic rings. The normalized spacial score (nSPS) is 11.4. The molecule has 0 aliphatic carbocycles. The van der Waals surface area contributed by atoms with Crippen LogP contribution in [-0.4, -0.2) is 12.3 Å². The summed E-state index contributed by atoms with van der Waals surface area (Å²) >= 11 is 0. The van der Waals surface area contributed by atoms with Crippen LogP contribution in [0.25, 0.3) is 0 Å². The Hall–Kier alpha value is -2.26. The summed E-state index contributed by atoms with van der Waals surface area (Å²) in [6.07, 6.45) is 2.38.